The maximum absolute atomic E-state index is 12.1. The topological polar surface area (TPSA) is 69.9 Å². The number of hydrogen-bond acceptors (Lipinski definition) is 5. The van der Waals surface area contributed by atoms with Gasteiger partial charge in [0.2, 0.25) is 5.82 Å². The van der Waals surface area contributed by atoms with E-state index in [1.54, 1.807) is 17.7 Å². The molecule has 6 heteroatoms. The molecule has 0 aliphatic carbocycles. The first-order chi connectivity index (χ1) is 9.81. The highest BCUT2D eigenvalue weighted by Crippen LogP contribution is 2.19. The molecular formula is C14H12N4O2. The van der Waals surface area contributed by atoms with Gasteiger partial charge in [-0.15, -0.1) is 0 Å². The molecule has 2 aromatic heterocycles. The lowest BCUT2D eigenvalue weighted by Gasteiger charge is -2.07. The molecule has 0 amide bonds. The van der Waals surface area contributed by atoms with Crippen LogP contribution >= 0.6 is 0 Å². The third-order valence-corrected chi connectivity index (χ3v) is 2.79. The fourth-order valence-electron chi connectivity index (χ4n) is 1.99. The quantitative estimate of drug-likeness (QED) is 0.679. The van der Waals surface area contributed by atoms with Crippen LogP contribution in [0.2, 0.25) is 0 Å². The zero-order valence-corrected chi connectivity index (χ0v) is 10.9. The Labute approximate surface area is 115 Å². The molecule has 6 nitrogen and oxygen atoms in total. The highest BCUT2D eigenvalue weighted by molar-refractivity contribution is 5.91. The molecule has 0 fully saturated rings. The smallest absolute Gasteiger partial charge is 0.375 e. The van der Waals surface area contributed by atoms with Gasteiger partial charge in [-0.2, -0.15) is 0 Å². The molecule has 3 rings (SSSR count). The molecule has 0 spiro atoms. The van der Waals surface area contributed by atoms with Crippen LogP contribution in [0, 0.1) is 0 Å². The van der Waals surface area contributed by atoms with Crippen LogP contribution in [0.3, 0.4) is 0 Å². The summed E-state index contributed by atoms with van der Waals surface area (Å²) in [4.78, 5) is 24.5. The molecule has 0 aliphatic rings. The van der Waals surface area contributed by atoms with Crippen LogP contribution in [-0.4, -0.2) is 32.1 Å². The minimum atomic E-state index is -0.477. The number of ether oxygens (including phenoxy) is 1. The van der Waals surface area contributed by atoms with Gasteiger partial charge in [0.15, 0.2) is 5.65 Å². The molecule has 1 aromatic carbocycles. The highest BCUT2D eigenvalue weighted by Gasteiger charge is 2.20. The average molecular weight is 268 g/mol. The zero-order valence-electron chi connectivity index (χ0n) is 10.9. The van der Waals surface area contributed by atoms with Crippen molar-refractivity contribution in [1.29, 1.82) is 0 Å². The minimum Gasteiger partial charge on any atom is -0.460 e. The molecule has 0 N–H and O–H groups in total. The van der Waals surface area contributed by atoms with Gasteiger partial charge in [-0.05, 0) is 19.1 Å². The summed E-state index contributed by atoms with van der Waals surface area (Å²) in [5.74, 6) is -0.275. The first-order valence-corrected chi connectivity index (χ1v) is 6.22. The van der Waals surface area contributed by atoms with Crippen molar-refractivity contribution in [3.63, 3.8) is 0 Å². The Bertz CT molecular complexity index is 752. The van der Waals surface area contributed by atoms with Crippen LogP contribution in [0.5, 0.6) is 0 Å². The van der Waals surface area contributed by atoms with Crippen LogP contribution in [0.4, 0.5) is 0 Å². The van der Waals surface area contributed by atoms with Crippen molar-refractivity contribution in [2.75, 3.05) is 6.61 Å². The zero-order chi connectivity index (χ0) is 13.9. The number of esters is 1. The first kappa shape index (κ1) is 12.3. The van der Waals surface area contributed by atoms with E-state index in [-0.39, 0.29) is 5.82 Å². The van der Waals surface area contributed by atoms with Gasteiger partial charge < -0.3 is 4.74 Å². The van der Waals surface area contributed by atoms with Gasteiger partial charge in [0, 0.05) is 5.69 Å². The molecule has 3 aromatic rings. The molecule has 0 aliphatic heterocycles. The summed E-state index contributed by atoms with van der Waals surface area (Å²) in [5, 5.41) is 0. The fourth-order valence-corrected chi connectivity index (χ4v) is 1.99. The van der Waals surface area contributed by atoms with Crippen molar-refractivity contribution < 1.29 is 9.53 Å². The number of hydrogen-bond donors (Lipinski definition) is 0. The van der Waals surface area contributed by atoms with Crippen molar-refractivity contribution in [3.05, 3.63) is 48.7 Å². The first-order valence-electron chi connectivity index (χ1n) is 6.22. The Morgan fingerprint density at radius 3 is 2.85 bits per heavy atom. The van der Waals surface area contributed by atoms with Gasteiger partial charge in [-0.1, -0.05) is 18.2 Å². The van der Waals surface area contributed by atoms with Crippen LogP contribution in [-0.2, 0) is 4.74 Å². The van der Waals surface area contributed by atoms with Crippen LogP contribution in [0.1, 0.15) is 17.5 Å². The van der Waals surface area contributed by atoms with Gasteiger partial charge in [0.05, 0.1) is 12.8 Å². The van der Waals surface area contributed by atoms with E-state index in [9.17, 15) is 4.79 Å². The molecule has 20 heavy (non-hydrogen) atoms. The second kappa shape index (κ2) is 5.08. The third-order valence-electron chi connectivity index (χ3n) is 2.79. The number of benzene rings is 1. The maximum Gasteiger partial charge on any atom is 0.375 e. The molecule has 0 saturated carbocycles. The summed E-state index contributed by atoms with van der Waals surface area (Å²) in [5.41, 5.74) is 1.94. The second-order valence-electron chi connectivity index (χ2n) is 4.06. The number of carbonyl (C=O) groups is 1. The summed E-state index contributed by atoms with van der Waals surface area (Å²) in [7, 11) is 0. The van der Waals surface area contributed by atoms with Gasteiger partial charge >= 0.3 is 5.97 Å². The Balaban J connectivity index is 2.26. The largest absolute Gasteiger partial charge is 0.460 e. The summed E-state index contributed by atoms with van der Waals surface area (Å²) in [6, 6.07) is 9.44. The summed E-state index contributed by atoms with van der Waals surface area (Å²) in [6.45, 7) is 2.05. The highest BCUT2D eigenvalue weighted by atomic mass is 16.5. The Hall–Kier alpha value is -2.76. The van der Waals surface area contributed by atoms with E-state index in [1.165, 1.54) is 6.33 Å². The number of rotatable bonds is 3. The molecular weight excluding hydrogens is 256 g/mol. The standard InChI is InChI=1S/C14H12N4O2/c1-2-20-14(19)13-17-11-8-15-9-16-12(11)18(13)10-6-4-3-5-7-10/h3-9H,2H2,1H3. The Morgan fingerprint density at radius 1 is 1.30 bits per heavy atom. The molecule has 0 saturated heterocycles. The SMILES string of the molecule is CCOC(=O)c1nc2cncnc2n1-c1ccccc1. The van der Waals surface area contributed by atoms with E-state index in [0.29, 0.717) is 17.8 Å². The normalized spacial score (nSPS) is 10.7. The number of para-hydroxylation sites is 1. The Kier molecular flexibility index (Phi) is 3.12. The molecule has 0 unspecified atom stereocenters. The number of nitrogens with zero attached hydrogens (tertiary/aromatic N) is 4. The summed E-state index contributed by atoms with van der Waals surface area (Å²) in [6.07, 6.45) is 3.00. The van der Waals surface area contributed by atoms with Crippen molar-refractivity contribution in [2.45, 2.75) is 6.92 Å². The average Bonchev–Trinajstić information content (AvgIpc) is 2.88. The Morgan fingerprint density at radius 2 is 2.10 bits per heavy atom. The van der Waals surface area contributed by atoms with Crippen LogP contribution < -0.4 is 0 Å². The molecule has 0 radical (unpaired) electrons. The van der Waals surface area contributed by atoms with Crippen LogP contribution in [0.25, 0.3) is 16.9 Å². The maximum atomic E-state index is 12.1. The minimum absolute atomic E-state index is 0.202. The van der Waals surface area contributed by atoms with Gasteiger partial charge in [-0.3, -0.25) is 4.57 Å². The lowest BCUT2D eigenvalue weighted by molar-refractivity contribution is 0.0510. The lowest BCUT2D eigenvalue weighted by atomic mass is 10.3. The lowest BCUT2D eigenvalue weighted by Crippen LogP contribution is -2.12. The van der Waals surface area contributed by atoms with Crippen molar-refractivity contribution in [3.8, 4) is 5.69 Å². The van der Waals surface area contributed by atoms with E-state index in [2.05, 4.69) is 15.0 Å². The van der Waals surface area contributed by atoms with Crippen molar-refractivity contribution in [1.82, 2.24) is 19.5 Å². The van der Waals surface area contributed by atoms with E-state index in [4.69, 9.17) is 4.74 Å². The molecule has 2 heterocycles. The predicted octanol–water partition coefficient (Wildman–Crippen LogP) is 1.99. The summed E-state index contributed by atoms with van der Waals surface area (Å²) < 4.78 is 6.72. The van der Waals surface area contributed by atoms with Gasteiger partial charge in [-0.25, -0.2) is 19.7 Å². The number of fused-ring (bicyclic) bond motifs is 1. The van der Waals surface area contributed by atoms with E-state index < -0.39 is 5.97 Å². The van der Waals surface area contributed by atoms with Crippen molar-refractivity contribution in [2.24, 2.45) is 0 Å². The molecule has 0 bridgehead atoms. The molecule has 100 valence electrons. The molecule has 0 atom stereocenters. The van der Waals surface area contributed by atoms with E-state index in [0.717, 1.165) is 5.69 Å². The fraction of sp³-hybridized carbons (Fsp3) is 0.143. The monoisotopic (exact) mass is 268 g/mol. The second-order valence-corrected chi connectivity index (χ2v) is 4.06. The van der Waals surface area contributed by atoms with E-state index >= 15 is 0 Å². The van der Waals surface area contributed by atoms with Gasteiger partial charge in [0.1, 0.15) is 11.8 Å². The van der Waals surface area contributed by atoms with Gasteiger partial charge in [0.25, 0.3) is 0 Å². The van der Waals surface area contributed by atoms with E-state index in [1.807, 2.05) is 30.3 Å². The predicted molar refractivity (Wildman–Crippen MR) is 72.6 cm³/mol. The number of aromatic nitrogens is 4. The number of carbonyl (C=O) groups excluding carboxylic acids is 1. The third kappa shape index (κ3) is 2.01. The number of imidazole rings is 1. The summed E-state index contributed by atoms with van der Waals surface area (Å²) >= 11 is 0. The van der Waals surface area contributed by atoms with Crippen molar-refractivity contribution >= 4 is 17.1 Å². The van der Waals surface area contributed by atoms with Crippen LogP contribution in [0.15, 0.2) is 42.9 Å².